The minimum Gasteiger partial charge on any atom is -0.369 e. The number of piperazine rings is 1. The molecule has 3 aromatic rings. The van der Waals surface area contributed by atoms with Crippen LogP contribution in [0.1, 0.15) is 19.4 Å². The van der Waals surface area contributed by atoms with Crippen LogP contribution >= 0.6 is 0 Å². The number of carbonyl (C=O) groups is 1. The van der Waals surface area contributed by atoms with Crippen LogP contribution in [0.25, 0.3) is 11.0 Å². The first-order valence-electron chi connectivity index (χ1n) is 10.6. The fourth-order valence-corrected chi connectivity index (χ4v) is 3.53. The van der Waals surface area contributed by atoms with Crippen LogP contribution in [0.2, 0.25) is 0 Å². The maximum atomic E-state index is 14.7. The van der Waals surface area contributed by atoms with E-state index in [0.29, 0.717) is 22.5 Å². The molecule has 4 rings (SSSR count). The summed E-state index contributed by atoms with van der Waals surface area (Å²) in [4.78, 5) is 27.3. The molecule has 0 saturated carbocycles. The first-order valence-corrected chi connectivity index (χ1v) is 10.6. The molecule has 32 heavy (non-hydrogen) atoms. The molecular formula is C22H27FN8O. The highest BCUT2D eigenvalue weighted by Crippen LogP contribution is 2.25. The molecule has 0 aliphatic carbocycles. The zero-order valence-electron chi connectivity index (χ0n) is 18.4. The molecule has 0 bridgehead atoms. The topological polar surface area (TPSA) is 107 Å². The summed E-state index contributed by atoms with van der Waals surface area (Å²) in [6.45, 7) is 9.16. The number of urea groups is 1. The van der Waals surface area contributed by atoms with Gasteiger partial charge in [0.25, 0.3) is 0 Å². The summed E-state index contributed by atoms with van der Waals surface area (Å²) in [7, 11) is 0. The number of anilines is 4. The molecule has 1 aromatic carbocycles. The molecule has 0 radical (unpaired) electrons. The SMILES string of the molecule is Cc1c(F)c(NC(=O)NC(C)C)nc2nc(Nc3ccc(N4CCNCC4)cc3)ncc12. The number of hydrogen-bond donors (Lipinski definition) is 4. The van der Waals surface area contributed by atoms with Crippen molar-refractivity contribution < 1.29 is 9.18 Å². The van der Waals surface area contributed by atoms with E-state index in [2.05, 4.69) is 53.3 Å². The molecule has 0 atom stereocenters. The quantitative estimate of drug-likeness (QED) is 0.485. The highest BCUT2D eigenvalue weighted by Gasteiger charge is 2.17. The number of rotatable bonds is 5. The van der Waals surface area contributed by atoms with Crippen molar-refractivity contribution in [3.63, 3.8) is 0 Å². The van der Waals surface area contributed by atoms with Gasteiger partial charge in [0.1, 0.15) is 0 Å². The van der Waals surface area contributed by atoms with Gasteiger partial charge in [-0.05, 0) is 45.0 Å². The van der Waals surface area contributed by atoms with E-state index in [9.17, 15) is 9.18 Å². The summed E-state index contributed by atoms with van der Waals surface area (Å²) in [6, 6.07) is 7.44. The van der Waals surface area contributed by atoms with Crippen molar-refractivity contribution >= 4 is 40.2 Å². The number of hydrogen-bond acceptors (Lipinski definition) is 7. The molecule has 1 aliphatic rings. The molecular weight excluding hydrogens is 411 g/mol. The van der Waals surface area contributed by atoms with Crippen LogP contribution in [0.15, 0.2) is 30.5 Å². The van der Waals surface area contributed by atoms with Crippen molar-refractivity contribution in [2.45, 2.75) is 26.8 Å². The summed E-state index contributed by atoms with van der Waals surface area (Å²) in [5.41, 5.74) is 2.61. The fourth-order valence-electron chi connectivity index (χ4n) is 3.53. The standard InChI is InChI=1S/C22H27FN8O/c1-13(2)26-22(32)30-20-18(23)14(3)17-12-25-21(29-19(17)28-20)27-15-4-6-16(7-5-15)31-10-8-24-9-11-31/h4-7,12-13,24H,8-11H2,1-3H3,(H3,25,26,27,28,29,30,32). The van der Waals surface area contributed by atoms with E-state index < -0.39 is 11.8 Å². The molecule has 2 aromatic heterocycles. The van der Waals surface area contributed by atoms with Gasteiger partial charge in [0, 0.05) is 60.7 Å². The van der Waals surface area contributed by atoms with E-state index in [4.69, 9.17) is 0 Å². The first kappa shape index (κ1) is 21.7. The maximum absolute atomic E-state index is 14.7. The van der Waals surface area contributed by atoms with Crippen molar-refractivity contribution in [1.29, 1.82) is 0 Å². The van der Waals surface area contributed by atoms with Gasteiger partial charge in [0.05, 0.1) is 0 Å². The normalized spacial score (nSPS) is 14.0. The largest absolute Gasteiger partial charge is 0.369 e. The molecule has 2 amide bonds. The number of pyridine rings is 1. The Hall–Kier alpha value is -3.53. The third-order valence-electron chi connectivity index (χ3n) is 5.18. The number of aryl methyl sites for hydroxylation is 1. The Morgan fingerprint density at radius 2 is 1.88 bits per heavy atom. The van der Waals surface area contributed by atoms with Crippen LogP contribution in [0.5, 0.6) is 0 Å². The smallest absolute Gasteiger partial charge is 0.320 e. The summed E-state index contributed by atoms with van der Waals surface area (Å²) in [6.07, 6.45) is 1.53. The minimum absolute atomic E-state index is 0.0873. The van der Waals surface area contributed by atoms with E-state index in [1.165, 1.54) is 11.9 Å². The van der Waals surface area contributed by atoms with Crippen LogP contribution in [-0.2, 0) is 0 Å². The van der Waals surface area contributed by atoms with E-state index >= 15 is 0 Å². The Bertz CT molecular complexity index is 1110. The van der Waals surface area contributed by atoms with Crippen LogP contribution < -0.4 is 26.2 Å². The highest BCUT2D eigenvalue weighted by molar-refractivity contribution is 5.91. The number of nitrogens with zero attached hydrogens (tertiary/aromatic N) is 4. The summed E-state index contributed by atoms with van der Waals surface area (Å²) in [5, 5.41) is 12.1. The lowest BCUT2D eigenvalue weighted by Gasteiger charge is -2.29. The second kappa shape index (κ2) is 9.31. The van der Waals surface area contributed by atoms with Gasteiger partial charge in [-0.3, -0.25) is 5.32 Å². The third kappa shape index (κ3) is 4.86. The Morgan fingerprint density at radius 3 is 2.56 bits per heavy atom. The van der Waals surface area contributed by atoms with Crippen LogP contribution in [0.4, 0.5) is 32.3 Å². The molecule has 168 valence electrons. The fraction of sp³-hybridized carbons (Fsp3) is 0.364. The molecule has 0 spiro atoms. The summed E-state index contributed by atoms with van der Waals surface area (Å²) >= 11 is 0. The van der Waals surface area contributed by atoms with Crippen LogP contribution in [0, 0.1) is 12.7 Å². The van der Waals surface area contributed by atoms with Gasteiger partial charge in [-0.2, -0.15) is 4.98 Å². The van der Waals surface area contributed by atoms with Crippen molar-refractivity contribution in [1.82, 2.24) is 25.6 Å². The lowest BCUT2D eigenvalue weighted by molar-refractivity contribution is 0.250. The summed E-state index contributed by atoms with van der Waals surface area (Å²) < 4.78 is 14.7. The van der Waals surface area contributed by atoms with Gasteiger partial charge in [-0.1, -0.05) is 0 Å². The Balaban J connectivity index is 1.54. The van der Waals surface area contributed by atoms with E-state index in [1.807, 2.05) is 26.0 Å². The van der Waals surface area contributed by atoms with Gasteiger partial charge in [-0.25, -0.2) is 19.2 Å². The predicted octanol–water partition coefficient (Wildman–Crippen LogP) is 3.16. The van der Waals surface area contributed by atoms with Crippen LogP contribution in [-0.4, -0.2) is 53.2 Å². The number of benzene rings is 1. The van der Waals surface area contributed by atoms with E-state index in [0.717, 1.165) is 31.9 Å². The lowest BCUT2D eigenvalue weighted by Crippen LogP contribution is -2.43. The molecule has 10 heteroatoms. The predicted molar refractivity (Wildman–Crippen MR) is 124 cm³/mol. The van der Waals surface area contributed by atoms with Crippen molar-refractivity contribution in [2.24, 2.45) is 0 Å². The molecule has 1 fully saturated rings. The molecule has 4 N–H and O–H groups in total. The first-order chi connectivity index (χ1) is 15.4. The number of halogens is 1. The molecule has 1 saturated heterocycles. The maximum Gasteiger partial charge on any atom is 0.320 e. The zero-order valence-corrected chi connectivity index (χ0v) is 18.4. The van der Waals surface area contributed by atoms with E-state index in [1.54, 1.807) is 6.92 Å². The van der Waals surface area contributed by atoms with Crippen molar-refractivity contribution in [3.8, 4) is 0 Å². The average molecular weight is 439 g/mol. The molecule has 0 unspecified atom stereocenters. The lowest BCUT2D eigenvalue weighted by atomic mass is 10.2. The average Bonchev–Trinajstić information content (AvgIpc) is 2.78. The second-order valence-corrected chi connectivity index (χ2v) is 7.99. The molecule has 3 heterocycles. The summed E-state index contributed by atoms with van der Waals surface area (Å²) in [5.74, 6) is -0.439. The number of nitrogens with one attached hydrogen (secondary N) is 4. The Kier molecular flexibility index (Phi) is 6.31. The van der Waals surface area contributed by atoms with E-state index in [-0.39, 0.29) is 11.9 Å². The molecule has 1 aliphatic heterocycles. The molecule has 9 nitrogen and oxygen atoms in total. The number of amides is 2. The van der Waals surface area contributed by atoms with Gasteiger partial charge in [-0.15, -0.1) is 0 Å². The minimum atomic E-state index is -0.607. The highest BCUT2D eigenvalue weighted by atomic mass is 19.1. The van der Waals surface area contributed by atoms with Crippen molar-refractivity contribution in [2.75, 3.05) is 41.7 Å². The third-order valence-corrected chi connectivity index (χ3v) is 5.18. The van der Waals surface area contributed by atoms with Crippen molar-refractivity contribution in [3.05, 3.63) is 41.8 Å². The number of fused-ring (bicyclic) bond motifs is 1. The zero-order chi connectivity index (χ0) is 22.7. The van der Waals surface area contributed by atoms with Gasteiger partial charge in [0.15, 0.2) is 17.3 Å². The Labute approximate surface area is 185 Å². The van der Waals surface area contributed by atoms with Gasteiger partial charge >= 0.3 is 6.03 Å². The Morgan fingerprint density at radius 1 is 1.16 bits per heavy atom. The monoisotopic (exact) mass is 438 g/mol. The number of aromatic nitrogens is 3. The second-order valence-electron chi connectivity index (χ2n) is 7.99. The van der Waals surface area contributed by atoms with Crippen LogP contribution in [0.3, 0.4) is 0 Å². The number of carbonyl (C=O) groups excluding carboxylic acids is 1. The van der Waals surface area contributed by atoms with Gasteiger partial charge in [0.2, 0.25) is 5.95 Å². The van der Waals surface area contributed by atoms with Gasteiger partial charge < -0.3 is 20.9 Å².